The number of hydrogen-bond acceptors (Lipinski definition) is 3. The van der Waals surface area contributed by atoms with Crippen molar-refractivity contribution in [1.82, 2.24) is 9.78 Å². The zero-order chi connectivity index (χ0) is 16.4. The Morgan fingerprint density at radius 3 is 2.48 bits per heavy atom. The van der Waals surface area contributed by atoms with Gasteiger partial charge in [0.05, 0.1) is 11.1 Å². The minimum atomic E-state index is -0.323. The zero-order valence-electron chi connectivity index (χ0n) is 12.4. The number of rotatable bonds is 3. The second-order valence-electron chi connectivity index (χ2n) is 5.15. The molecule has 23 heavy (non-hydrogen) atoms. The van der Waals surface area contributed by atoms with Gasteiger partial charge in [0.25, 0.3) is 5.56 Å². The van der Waals surface area contributed by atoms with Crippen LogP contribution in [0.25, 0.3) is 10.8 Å². The van der Waals surface area contributed by atoms with E-state index >= 15 is 0 Å². The molecular weight excluding hydrogens is 314 g/mol. The van der Waals surface area contributed by atoms with Gasteiger partial charge in [-0.05, 0) is 37.3 Å². The van der Waals surface area contributed by atoms with Crippen LogP contribution in [0.15, 0.2) is 53.3 Å². The van der Waals surface area contributed by atoms with Gasteiger partial charge in [0, 0.05) is 16.1 Å². The number of carbonyl (C=O) groups is 1. The fraction of sp³-hybridized carbons (Fsp3) is 0.118. The number of halogens is 1. The van der Waals surface area contributed by atoms with Gasteiger partial charge < -0.3 is 5.32 Å². The van der Waals surface area contributed by atoms with E-state index in [1.807, 2.05) is 19.1 Å². The number of anilines is 1. The molecule has 1 N–H and O–H groups in total. The second-order valence-corrected chi connectivity index (χ2v) is 5.59. The molecule has 0 aliphatic heterocycles. The van der Waals surface area contributed by atoms with Crippen LogP contribution in [0, 0.1) is 6.92 Å². The molecule has 0 spiro atoms. The molecular formula is C17H14ClN3O2. The minimum Gasteiger partial charge on any atom is -0.324 e. The van der Waals surface area contributed by atoms with E-state index in [4.69, 9.17) is 11.6 Å². The number of benzene rings is 2. The average molecular weight is 328 g/mol. The molecule has 116 valence electrons. The third kappa shape index (κ3) is 3.24. The highest BCUT2D eigenvalue weighted by atomic mass is 35.5. The van der Waals surface area contributed by atoms with E-state index in [1.165, 1.54) is 4.68 Å². The smallest absolute Gasteiger partial charge is 0.275 e. The first-order valence-electron chi connectivity index (χ1n) is 7.06. The van der Waals surface area contributed by atoms with Crippen LogP contribution in [-0.4, -0.2) is 15.7 Å². The van der Waals surface area contributed by atoms with Crippen LogP contribution in [0.2, 0.25) is 5.02 Å². The predicted molar refractivity (Wildman–Crippen MR) is 90.8 cm³/mol. The normalized spacial score (nSPS) is 10.7. The van der Waals surface area contributed by atoms with Crippen LogP contribution in [0.4, 0.5) is 5.69 Å². The summed E-state index contributed by atoms with van der Waals surface area (Å²) >= 11 is 5.80. The predicted octanol–water partition coefficient (Wildman–Crippen LogP) is 3.00. The number of carbonyl (C=O) groups excluding carboxylic acids is 1. The molecule has 0 radical (unpaired) electrons. The van der Waals surface area contributed by atoms with Gasteiger partial charge in [-0.25, -0.2) is 4.68 Å². The van der Waals surface area contributed by atoms with Crippen molar-refractivity contribution in [2.75, 3.05) is 5.32 Å². The van der Waals surface area contributed by atoms with Gasteiger partial charge in [-0.1, -0.05) is 29.8 Å². The molecule has 0 unspecified atom stereocenters. The minimum absolute atomic E-state index is 0.146. The van der Waals surface area contributed by atoms with E-state index in [2.05, 4.69) is 10.4 Å². The monoisotopic (exact) mass is 327 g/mol. The summed E-state index contributed by atoms with van der Waals surface area (Å²) in [4.78, 5) is 24.5. The molecule has 3 aromatic rings. The Kier molecular flexibility index (Phi) is 4.12. The van der Waals surface area contributed by atoms with E-state index in [1.54, 1.807) is 36.4 Å². The molecule has 0 saturated carbocycles. The molecule has 0 bridgehead atoms. The van der Waals surface area contributed by atoms with Crippen LogP contribution >= 0.6 is 11.6 Å². The lowest BCUT2D eigenvalue weighted by atomic mass is 10.1. The Hall–Kier alpha value is -2.66. The summed E-state index contributed by atoms with van der Waals surface area (Å²) in [5.74, 6) is -0.323. The molecule has 5 nitrogen and oxygen atoms in total. The lowest BCUT2D eigenvalue weighted by molar-refractivity contribution is -0.117. The highest BCUT2D eigenvalue weighted by Gasteiger charge is 2.11. The Morgan fingerprint density at radius 2 is 1.78 bits per heavy atom. The summed E-state index contributed by atoms with van der Waals surface area (Å²) in [6.45, 7) is 1.67. The van der Waals surface area contributed by atoms with Gasteiger partial charge in [0.2, 0.25) is 5.91 Å². The summed E-state index contributed by atoms with van der Waals surface area (Å²) in [7, 11) is 0. The van der Waals surface area contributed by atoms with Gasteiger partial charge in [-0.2, -0.15) is 5.10 Å². The number of nitrogens with zero attached hydrogens (tertiary/aromatic N) is 2. The van der Waals surface area contributed by atoms with E-state index in [-0.39, 0.29) is 18.0 Å². The summed E-state index contributed by atoms with van der Waals surface area (Å²) in [5.41, 5.74) is 1.04. The molecule has 0 aliphatic rings. The van der Waals surface area contributed by atoms with Gasteiger partial charge in [-0.3, -0.25) is 9.59 Å². The van der Waals surface area contributed by atoms with Crippen LogP contribution in [-0.2, 0) is 11.3 Å². The number of aryl methyl sites for hydroxylation is 1. The topological polar surface area (TPSA) is 64.0 Å². The van der Waals surface area contributed by atoms with Crippen molar-refractivity contribution in [3.63, 3.8) is 0 Å². The Labute approximate surface area is 137 Å². The molecule has 6 heteroatoms. The van der Waals surface area contributed by atoms with Gasteiger partial charge in [-0.15, -0.1) is 0 Å². The number of fused-ring (bicyclic) bond motifs is 1. The Morgan fingerprint density at radius 1 is 1.13 bits per heavy atom. The molecule has 1 aromatic heterocycles. The molecule has 0 atom stereocenters. The first kappa shape index (κ1) is 15.2. The second kappa shape index (κ2) is 6.22. The van der Waals surface area contributed by atoms with Gasteiger partial charge in [0.15, 0.2) is 0 Å². The lowest BCUT2D eigenvalue weighted by Gasteiger charge is -2.09. The molecule has 3 rings (SSSR count). The number of aromatic nitrogens is 2. The first-order chi connectivity index (χ1) is 11.0. The van der Waals surface area contributed by atoms with Crippen molar-refractivity contribution in [2.24, 2.45) is 0 Å². The van der Waals surface area contributed by atoms with Gasteiger partial charge in [0.1, 0.15) is 6.54 Å². The number of nitrogens with one attached hydrogen (secondary N) is 1. The number of amides is 1. The summed E-state index contributed by atoms with van der Waals surface area (Å²) in [6, 6.07) is 14.0. The fourth-order valence-electron chi connectivity index (χ4n) is 2.38. The maximum Gasteiger partial charge on any atom is 0.275 e. The molecule has 1 heterocycles. The highest BCUT2D eigenvalue weighted by molar-refractivity contribution is 6.30. The Bertz CT molecular complexity index is 933. The third-order valence-corrected chi connectivity index (χ3v) is 3.73. The maximum atomic E-state index is 12.4. The van der Waals surface area contributed by atoms with E-state index < -0.39 is 0 Å². The van der Waals surface area contributed by atoms with E-state index in [0.29, 0.717) is 21.8 Å². The Balaban J connectivity index is 1.86. The number of hydrogen-bond donors (Lipinski definition) is 1. The summed E-state index contributed by atoms with van der Waals surface area (Å²) in [5, 5.41) is 8.88. The van der Waals surface area contributed by atoms with Crippen molar-refractivity contribution < 1.29 is 4.79 Å². The first-order valence-corrected chi connectivity index (χ1v) is 7.44. The molecule has 2 aromatic carbocycles. The highest BCUT2D eigenvalue weighted by Crippen LogP contribution is 2.14. The zero-order valence-corrected chi connectivity index (χ0v) is 13.2. The lowest BCUT2D eigenvalue weighted by Crippen LogP contribution is -2.30. The van der Waals surface area contributed by atoms with Gasteiger partial charge >= 0.3 is 0 Å². The molecule has 0 aliphatic carbocycles. The van der Waals surface area contributed by atoms with Crippen LogP contribution in [0.5, 0.6) is 0 Å². The van der Waals surface area contributed by atoms with Crippen molar-refractivity contribution in [1.29, 1.82) is 0 Å². The maximum absolute atomic E-state index is 12.4. The van der Waals surface area contributed by atoms with E-state index in [9.17, 15) is 9.59 Å². The SMILES string of the molecule is Cc1nn(CC(=O)Nc2ccc(Cl)cc2)c(=O)c2ccccc12. The van der Waals surface area contributed by atoms with Crippen molar-refractivity contribution in [3.8, 4) is 0 Å². The fourth-order valence-corrected chi connectivity index (χ4v) is 2.51. The van der Waals surface area contributed by atoms with Crippen molar-refractivity contribution in [3.05, 3.63) is 69.6 Å². The largest absolute Gasteiger partial charge is 0.324 e. The van der Waals surface area contributed by atoms with Crippen molar-refractivity contribution in [2.45, 2.75) is 13.5 Å². The average Bonchev–Trinajstić information content (AvgIpc) is 2.54. The summed E-state index contributed by atoms with van der Waals surface area (Å²) in [6.07, 6.45) is 0. The summed E-state index contributed by atoms with van der Waals surface area (Å²) < 4.78 is 1.18. The third-order valence-electron chi connectivity index (χ3n) is 3.47. The quantitative estimate of drug-likeness (QED) is 0.804. The standard InChI is InChI=1S/C17H14ClN3O2/c1-11-14-4-2-3-5-15(14)17(23)21(20-11)10-16(22)19-13-8-6-12(18)7-9-13/h2-9H,10H2,1H3,(H,19,22). The van der Waals surface area contributed by atoms with Crippen LogP contribution in [0.1, 0.15) is 5.69 Å². The van der Waals surface area contributed by atoms with E-state index in [0.717, 1.165) is 5.39 Å². The molecule has 0 saturated heterocycles. The molecule has 0 fully saturated rings. The molecule has 1 amide bonds. The van der Waals surface area contributed by atoms with Crippen LogP contribution < -0.4 is 10.9 Å². The van der Waals surface area contributed by atoms with Crippen LogP contribution in [0.3, 0.4) is 0 Å². The van der Waals surface area contributed by atoms with Crippen molar-refractivity contribution >= 4 is 34.0 Å².